The van der Waals surface area contributed by atoms with Gasteiger partial charge >= 0.3 is 0 Å². The monoisotopic (exact) mass is 293 g/mol. The van der Waals surface area contributed by atoms with Gasteiger partial charge in [0.15, 0.2) is 11.9 Å². The number of ether oxygens (including phenoxy) is 3. The summed E-state index contributed by atoms with van der Waals surface area (Å²) >= 11 is 0. The number of nitrogens with two attached hydrogens (primary N) is 1. The van der Waals surface area contributed by atoms with Crippen LogP contribution in [-0.2, 0) is 14.2 Å². The van der Waals surface area contributed by atoms with Crippen molar-refractivity contribution in [3.05, 3.63) is 11.3 Å². The number of hydrogen-bond acceptors (Lipinski definition) is 8. The van der Waals surface area contributed by atoms with E-state index in [0.29, 0.717) is 0 Å². The molecule has 9 heteroatoms. The first kappa shape index (κ1) is 15.2. The molecule has 1 aliphatic heterocycles. The van der Waals surface area contributed by atoms with E-state index >= 15 is 0 Å². The van der Waals surface area contributed by atoms with Crippen molar-refractivity contribution in [1.29, 1.82) is 10.5 Å². The third kappa shape index (κ3) is 2.33. The summed E-state index contributed by atoms with van der Waals surface area (Å²) < 4.78 is 17.5. The maximum absolute atomic E-state index is 9.34. The molecule has 0 amide bonds. The van der Waals surface area contributed by atoms with E-state index < -0.39 is 24.5 Å². The van der Waals surface area contributed by atoms with Gasteiger partial charge in [0.05, 0.1) is 6.61 Å². The van der Waals surface area contributed by atoms with Gasteiger partial charge in [-0.05, 0) is 0 Å². The van der Waals surface area contributed by atoms with Crippen LogP contribution in [0.2, 0.25) is 0 Å². The molecule has 1 aliphatic rings. The summed E-state index contributed by atoms with van der Waals surface area (Å²) in [5.74, 6) is 0.00884. The number of methoxy groups -OCH3 is 2. The fourth-order valence-electron chi connectivity index (χ4n) is 2.42. The predicted octanol–water partition coefficient (Wildman–Crippen LogP) is -0.872. The van der Waals surface area contributed by atoms with Crippen molar-refractivity contribution in [3.8, 4) is 12.1 Å². The highest BCUT2D eigenvalue weighted by molar-refractivity contribution is 5.56. The molecule has 4 atom stereocenters. The molecule has 0 radical (unpaired) electrons. The largest absolute Gasteiger partial charge is 0.394 e. The molecule has 1 fully saturated rings. The van der Waals surface area contributed by atoms with Crippen LogP contribution in [0.5, 0.6) is 0 Å². The highest BCUT2D eigenvalue weighted by Gasteiger charge is 2.47. The molecule has 1 saturated heterocycles. The van der Waals surface area contributed by atoms with Gasteiger partial charge in [0.1, 0.15) is 41.8 Å². The maximum atomic E-state index is 9.34. The Morgan fingerprint density at radius 1 is 1.33 bits per heavy atom. The fraction of sp³-hybridized carbons (Fsp3) is 0.583. The lowest BCUT2D eigenvalue weighted by atomic mass is 10.1. The predicted molar refractivity (Wildman–Crippen MR) is 68.7 cm³/mol. The molecule has 0 aromatic carbocycles. The molecule has 112 valence electrons. The zero-order valence-corrected chi connectivity index (χ0v) is 11.6. The highest BCUT2D eigenvalue weighted by atomic mass is 16.6. The van der Waals surface area contributed by atoms with Crippen LogP contribution >= 0.6 is 0 Å². The van der Waals surface area contributed by atoms with Crippen LogP contribution in [0.1, 0.15) is 17.5 Å². The smallest absolute Gasteiger partial charge is 0.182 e. The van der Waals surface area contributed by atoms with Crippen LogP contribution in [0.15, 0.2) is 0 Å². The van der Waals surface area contributed by atoms with E-state index in [-0.39, 0.29) is 23.7 Å². The summed E-state index contributed by atoms with van der Waals surface area (Å²) in [4.78, 5) is 0. The molecule has 0 saturated carbocycles. The van der Waals surface area contributed by atoms with Gasteiger partial charge in [0, 0.05) is 14.2 Å². The molecular formula is C12H15N5O4. The zero-order valence-electron chi connectivity index (χ0n) is 11.6. The number of aliphatic hydroxyl groups excluding tert-OH is 1. The Balaban J connectivity index is 2.45. The molecule has 2 rings (SSSR count). The van der Waals surface area contributed by atoms with E-state index in [1.807, 2.05) is 6.07 Å². The summed E-state index contributed by atoms with van der Waals surface area (Å²) in [5.41, 5.74) is 5.74. The van der Waals surface area contributed by atoms with Crippen molar-refractivity contribution in [2.24, 2.45) is 0 Å². The molecule has 0 spiro atoms. The van der Waals surface area contributed by atoms with Crippen LogP contribution < -0.4 is 5.73 Å². The molecular weight excluding hydrogens is 278 g/mol. The third-order valence-corrected chi connectivity index (χ3v) is 3.42. The molecule has 0 aliphatic carbocycles. The number of aromatic nitrogens is 2. The Kier molecular flexibility index (Phi) is 4.40. The number of anilines is 1. The van der Waals surface area contributed by atoms with E-state index in [9.17, 15) is 5.11 Å². The highest BCUT2D eigenvalue weighted by Crippen LogP contribution is 2.35. The van der Waals surface area contributed by atoms with Gasteiger partial charge in [-0.25, -0.2) is 4.68 Å². The first-order valence-corrected chi connectivity index (χ1v) is 6.13. The fourth-order valence-corrected chi connectivity index (χ4v) is 2.42. The number of aliphatic hydroxyl groups is 1. The van der Waals surface area contributed by atoms with Crippen molar-refractivity contribution in [3.63, 3.8) is 0 Å². The number of nitrogens with zero attached hydrogens (tertiary/aromatic N) is 4. The average molecular weight is 293 g/mol. The summed E-state index contributed by atoms with van der Waals surface area (Å²) in [5, 5.41) is 31.3. The second-order valence-electron chi connectivity index (χ2n) is 4.43. The van der Waals surface area contributed by atoms with E-state index in [2.05, 4.69) is 5.10 Å². The van der Waals surface area contributed by atoms with Crippen LogP contribution in [0.3, 0.4) is 0 Å². The number of hydrogen-bond donors (Lipinski definition) is 2. The summed E-state index contributed by atoms with van der Waals surface area (Å²) in [6.07, 6.45) is -2.53. The first-order chi connectivity index (χ1) is 10.1. The molecule has 4 unspecified atom stereocenters. The normalized spacial score (nSPS) is 28.2. The Labute approximate surface area is 121 Å². The van der Waals surface area contributed by atoms with Crippen molar-refractivity contribution in [1.82, 2.24) is 9.78 Å². The van der Waals surface area contributed by atoms with Gasteiger partial charge in [-0.2, -0.15) is 15.6 Å². The minimum absolute atomic E-state index is 0.00884. The standard InChI is InChI=1S/C12H15N5O4/c1-19-9-8(5-18)21-12(10(9)20-2)17-11(15)6(3-13)7(4-14)16-17/h8-10,12,18H,5,15H2,1-2H3. The van der Waals surface area contributed by atoms with E-state index in [0.717, 1.165) is 0 Å². The van der Waals surface area contributed by atoms with Crippen molar-refractivity contribution in [2.75, 3.05) is 26.6 Å². The molecule has 3 N–H and O–H groups in total. The average Bonchev–Trinajstić information content (AvgIpc) is 3.02. The second-order valence-corrected chi connectivity index (χ2v) is 4.43. The Bertz CT molecular complexity index is 602. The topological polar surface area (TPSA) is 139 Å². The number of nitriles is 2. The quantitative estimate of drug-likeness (QED) is 0.730. The molecule has 1 aromatic heterocycles. The number of rotatable bonds is 4. The summed E-state index contributed by atoms with van der Waals surface area (Å²) in [7, 11) is 2.93. The van der Waals surface area contributed by atoms with E-state index in [1.165, 1.54) is 18.9 Å². The Morgan fingerprint density at radius 3 is 2.43 bits per heavy atom. The van der Waals surface area contributed by atoms with Gasteiger partial charge in [-0.3, -0.25) is 0 Å². The minimum Gasteiger partial charge on any atom is -0.394 e. The maximum Gasteiger partial charge on any atom is 0.182 e. The lowest BCUT2D eigenvalue weighted by molar-refractivity contribution is -0.0651. The van der Waals surface area contributed by atoms with E-state index in [1.54, 1.807) is 6.07 Å². The Morgan fingerprint density at radius 2 is 2.00 bits per heavy atom. The van der Waals surface area contributed by atoms with Crippen LogP contribution in [0, 0.1) is 22.7 Å². The van der Waals surface area contributed by atoms with E-state index in [4.69, 9.17) is 30.5 Å². The van der Waals surface area contributed by atoms with Gasteiger partial charge in [0.25, 0.3) is 0 Å². The SMILES string of the molecule is COC1C(CO)OC(n2nc(C#N)c(C#N)c2N)C1OC. The number of nitrogen functional groups attached to an aromatic ring is 1. The summed E-state index contributed by atoms with van der Waals surface area (Å²) in [6, 6.07) is 3.64. The first-order valence-electron chi connectivity index (χ1n) is 6.13. The lowest BCUT2D eigenvalue weighted by Crippen LogP contribution is -2.36. The lowest BCUT2D eigenvalue weighted by Gasteiger charge is -2.21. The Hall–Kier alpha value is -2.17. The molecule has 1 aromatic rings. The van der Waals surface area contributed by atoms with Gasteiger partial charge < -0.3 is 25.1 Å². The molecule has 0 bridgehead atoms. The molecule has 9 nitrogen and oxygen atoms in total. The minimum atomic E-state index is -0.800. The van der Waals surface area contributed by atoms with Crippen molar-refractivity contribution >= 4 is 5.82 Å². The van der Waals surface area contributed by atoms with Gasteiger partial charge in [-0.15, -0.1) is 0 Å². The molecule has 21 heavy (non-hydrogen) atoms. The summed E-state index contributed by atoms with van der Waals surface area (Å²) in [6.45, 7) is -0.272. The van der Waals surface area contributed by atoms with Crippen LogP contribution in [0.25, 0.3) is 0 Å². The van der Waals surface area contributed by atoms with Crippen LogP contribution in [-0.4, -0.2) is 54.0 Å². The van der Waals surface area contributed by atoms with Gasteiger partial charge in [0.2, 0.25) is 0 Å². The van der Waals surface area contributed by atoms with Crippen molar-refractivity contribution in [2.45, 2.75) is 24.5 Å². The van der Waals surface area contributed by atoms with Gasteiger partial charge in [-0.1, -0.05) is 0 Å². The third-order valence-electron chi connectivity index (χ3n) is 3.42. The van der Waals surface area contributed by atoms with Crippen LogP contribution in [0.4, 0.5) is 5.82 Å². The zero-order chi connectivity index (χ0) is 15.6. The van der Waals surface area contributed by atoms with Crippen molar-refractivity contribution < 1.29 is 19.3 Å². The molecule has 2 heterocycles. The second kappa shape index (κ2) is 6.08.